The van der Waals surface area contributed by atoms with Crippen LogP contribution in [0.4, 0.5) is 0 Å². The van der Waals surface area contributed by atoms with Crippen LogP contribution in [0.5, 0.6) is 11.5 Å². The van der Waals surface area contributed by atoms with E-state index >= 15 is 0 Å². The fraction of sp³-hybridized carbons (Fsp3) is 0.200. The van der Waals surface area contributed by atoms with Crippen LogP contribution in [0.15, 0.2) is 17.8 Å². The molecule has 1 aliphatic heterocycles. The maximum absolute atomic E-state index is 10.5. The van der Waals surface area contributed by atoms with Crippen LogP contribution in [0.1, 0.15) is 12.5 Å². The molecular weight excluding hydrogens is 234 g/mol. The summed E-state index contributed by atoms with van der Waals surface area (Å²) >= 11 is 5.95. The largest absolute Gasteiger partial charge is 0.454 e. The average molecular weight is 242 g/mol. The second kappa shape index (κ2) is 4.02. The molecule has 16 heavy (non-hydrogen) atoms. The van der Waals surface area contributed by atoms with Gasteiger partial charge in [-0.25, -0.2) is 0 Å². The SMILES string of the molecule is CC(=Cc1cc2c(cc1Cl)OCO2)[N+](=O)[O-]. The fourth-order valence-corrected chi connectivity index (χ4v) is 1.53. The molecule has 2 rings (SSSR count). The number of allylic oxidation sites excluding steroid dienone is 1. The number of hydrogen-bond acceptors (Lipinski definition) is 4. The first-order chi connectivity index (χ1) is 7.58. The van der Waals surface area contributed by atoms with Crippen LogP contribution in [-0.4, -0.2) is 11.7 Å². The van der Waals surface area contributed by atoms with Crippen molar-refractivity contribution in [1.82, 2.24) is 0 Å². The molecule has 0 unspecified atom stereocenters. The second-order valence-electron chi connectivity index (χ2n) is 3.27. The molecule has 0 spiro atoms. The zero-order valence-electron chi connectivity index (χ0n) is 8.40. The lowest BCUT2D eigenvalue weighted by Crippen LogP contribution is -1.93. The predicted octanol–water partition coefficient (Wildman–Crippen LogP) is 2.71. The van der Waals surface area contributed by atoms with Gasteiger partial charge in [-0.15, -0.1) is 0 Å². The monoisotopic (exact) mass is 241 g/mol. The Morgan fingerprint density at radius 2 is 2.12 bits per heavy atom. The third-order valence-electron chi connectivity index (χ3n) is 2.14. The summed E-state index contributed by atoms with van der Waals surface area (Å²) in [7, 11) is 0. The lowest BCUT2D eigenvalue weighted by atomic mass is 10.1. The van der Waals surface area contributed by atoms with Gasteiger partial charge in [0.1, 0.15) is 0 Å². The van der Waals surface area contributed by atoms with Crippen molar-refractivity contribution >= 4 is 17.7 Å². The molecule has 0 radical (unpaired) electrons. The first-order valence-electron chi connectivity index (χ1n) is 4.50. The van der Waals surface area contributed by atoms with Crippen LogP contribution < -0.4 is 9.47 Å². The van der Waals surface area contributed by atoms with E-state index in [0.29, 0.717) is 22.1 Å². The first-order valence-corrected chi connectivity index (χ1v) is 4.87. The van der Waals surface area contributed by atoms with E-state index in [9.17, 15) is 10.1 Å². The zero-order chi connectivity index (χ0) is 11.7. The molecular formula is C10H8ClNO4. The van der Waals surface area contributed by atoms with Crippen LogP contribution >= 0.6 is 11.6 Å². The van der Waals surface area contributed by atoms with Crippen molar-refractivity contribution in [2.75, 3.05) is 6.79 Å². The maximum Gasteiger partial charge on any atom is 0.243 e. The van der Waals surface area contributed by atoms with Crippen molar-refractivity contribution < 1.29 is 14.4 Å². The Balaban J connectivity index is 2.43. The lowest BCUT2D eigenvalue weighted by Gasteiger charge is -2.01. The Kier molecular flexibility index (Phi) is 2.70. The number of rotatable bonds is 2. The van der Waals surface area contributed by atoms with E-state index in [0.717, 1.165) is 0 Å². The highest BCUT2D eigenvalue weighted by Crippen LogP contribution is 2.37. The molecule has 1 heterocycles. The van der Waals surface area contributed by atoms with Crippen molar-refractivity contribution in [3.05, 3.63) is 38.5 Å². The summed E-state index contributed by atoms with van der Waals surface area (Å²) in [4.78, 5) is 10.0. The Bertz CT molecular complexity index is 484. The normalized spacial score (nSPS) is 14.0. The van der Waals surface area contributed by atoms with Crippen LogP contribution in [0.2, 0.25) is 5.02 Å². The smallest absolute Gasteiger partial charge is 0.243 e. The minimum atomic E-state index is -0.471. The van der Waals surface area contributed by atoms with Crippen LogP contribution in [0.25, 0.3) is 6.08 Å². The van der Waals surface area contributed by atoms with E-state index in [2.05, 4.69) is 0 Å². The highest BCUT2D eigenvalue weighted by Gasteiger charge is 2.16. The third kappa shape index (κ3) is 1.94. The molecule has 6 heteroatoms. The highest BCUT2D eigenvalue weighted by molar-refractivity contribution is 6.32. The van der Waals surface area contributed by atoms with Gasteiger partial charge in [-0.1, -0.05) is 11.6 Å². The molecule has 0 aliphatic carbocycles. The van der Waals surface area contributed by atoms with Crippen LogP contribution in [0.3, 0.4) is 0 Å². The summed E-state index contributed by atoms with van der Waals surface area (Å²) in [6, 6.07) is 3.21. The van der Waals surface area contributed by atoms with E-state index < -0.39 is 4.92 Å². The molecule has 0 atom stereocenters. The molecule has 0 N–H and O–H groups in total. The Morgan fingerprint density at radius 3 is 2.75 bits per heavy atom. The molecule has 0 saturated heterocycles. The summed E-state index contributed by atoms with van der Waals surface area (Å²) in [5, 5.41) is 10.9. The van der Waals surface area contributed by atoms with Gasteiger partial charge in [-0.05, 0) is 6.07 Å². The second-order valence-corrected chi connectivity index (χ2v) is 3.68. The molecule has 0 saturated carbocycles. The van der Waals surface area contributed by atoms with E-state index in [1.807, 2.05) is 0 Å². The molecule has 0 fully saturated rings. The molecule has 5 nitrogen and oxygen atoms in total. The molecule has 84 valence electrons. The molecule has 0 bridgehead atoms. The van der Waals surface area contributed by atoms with Gasteiger partial charge in [0.05, 0.1) is 9.95 Å². The Hall–Kier alpha value is -1.75. The van der Waals surface area contributed by atoms with E-state index in [4.69, 9.17) is 21.1 Å². The summed E-state index contributed by atoms with van der Waals surface area (Å²) in [5.74, 6) is 1.10. The van der Waals surface area contributed by atoms with Crippen LogP contribution in [-0.2, 0) is 0 Å². The molecule has 1 aromatic carbocycles. The summed E-state index contributed by atoms with van der Waals surface area (Å²) < 4.78 is 10.3. The lowest BCUT2D eigenvalue weighted by molar-refractivity contribution is -0.422. The van der Waals surface area contributed by atoms with Crippen molar-refractivity contribution in [2.45, 2.75) is 6.92 Å². The number of nitro groups is 1. The number of hydrogen-bond donors (Lipinski definition) is 0. The van der Waals surface area contributed by atoms with Gasteiger partial charge in [-0.2, -0.15) is 0 Å². The topological polar surface area (TPSA) is 61.6 Å². The number of ether oxygens (including phenoxy) is 2. The van der Waals surface area contributed by atoms with Gasteiger partial charge < -0.3 is 9.47 Å². The van der Waals surface area contributed by atoms with E-state index in [1.165, 1.54) is 13.0 Å². The molecule has 1 aromatic rings. The van der Waals surface area contributed by atoms with Crippen molar-refractivity contribution in [1.29, 1.82) is 0 Å². The number of benzene rings is 1. The van der Waals surface area contributed by atoms with Crippen molar-refractivity contribution in [3.63, 3.8) is 0 Å². The number of fused-ring (bicyclic) bond motifs is 1. The fourth-order valence-electron chi connectivity index (χ4n) is 1.32. The maximum atomic E-state index is 10.5. The predicted molar refractivity (Wildman–Crippen MR) is 58.2 cm³/mol. The van der Waals surface area contributed by atoms with E-state index in [-0.39, 0.29) is 12.5 Å². The van der Waals surface area contributed by atoms with Crippen molar-refractivity contribution in [3.8, 4) is 11.5 Å². The number of nitrogens with zero attached hydrogens (tertiary/aromatic N) is 1. The summed E-state index contributed by atoms with van der Waals surface area (Å²) in [5.41, 5.74) is 0.556. The summed E-state index contributed by atoms with van der Waals surface area (Å²) in [6.07, 6.45) is 1.39. The molecule has 0 amide bonds. The summed E-state index contributed by atoms with van der Waals surface area (Å²) in [6.45, 7) is 1.55. The quantitative estimate of drug-likeness (QED) is 0.590. The Morgan fingerprint density at radius 1 is 1.50 bits per heavy atom. The first kappa shape index (κ1) is 10.8. The van der Waals surface area contributed by atoms with Gasteiger partial charge in [0.25, 0.3) is 0 Å². The minimum absolute atomic E-state index is 0.0146. The van der Waals surface area contributed by atoms with Gasteiger partial charge >= 0.3 is 0 Å². The van der Waals surface area contributed by atoms with Gasteiger partial charge in [0.2, 0.25) is 12.5 Å². The number of halogens is 1. The Labute approximate surface area is 96.4 Å². The molecule has 0 aromatic heterocycles. The standard InChI is InChI=1S/C10H8ClNO4/c1-6(12(13)14)2-7-3-9-10(4-8(7)11)16-5-15-9/h2-4H,5H2,1H3. The molecule has 1 aliphatic rings. The van der Waals surface area contributed by atoms with E-state index in [1.54, 1.807) is 12.1 Å². The van der Waals surface area contributed by atoms with Gasteiger partial charge in [0, 0.05) is 24.6 Å². The van der Waals surface area contributed by atoms with Crippen molar-refractivity contribution in [2.24, 2.45) is 0 Å². The van der Waals surface area contributed by atoms with Gasteiger partial charge in [0.15, 0.2) is 11.5 Å². The average Bonchev–Trinajstić information content (AvgIpc) is 2.65. The van der Waals surface area contributed by atoms with Crippen LogP contribution in [0, 0.1) is 10.1 Å². The minimum Gasteiger partial charge on any atom is -0.454 e. The highest BCUT2D eigenvalue weighted by atomic mass is 35.5. The zero-order valence-corrected chi connectivity index (χ0v) is 9.15. The van der Waals surface area contributed by atoms with Gasteiger partial charge in [-0.3, -0.25) is 10.1 Å². The third-order valence-corrected chi connectivity index (χ3v) is 2.47.